The van der Waals surface area contributed by atoms with Gasteiger partial charge in [0.05, 0.1) is 12.5 Å². The molecule has 0 amide bonds. The van der Waals surface area contributed by atoms with Gasteiger partial charge in [0, 0.05) is 6.42 Å². The molecule has 1 aromatic rings. The Morgan fingerprint density at radius 2 is 2.20 bits per heavy atom. The number of rotatable bonds is 5. The lowest BCUT2D eigenvalue weighted by atomic mass is 9.81. The predicted octanol–water partition coefficient (Wildman–Crippen LogP) is 2.93. The van der Waals surface area contributed by atoms with Crippen molar-refractivity contribution < 1.29 is 19.7 Å². The molecule has 2 atom stereocenters. The molecular formula is C16H22O4. The third-order valence-corrected chi connectivity index (χ3v) is 3.68. The minimum Gasteiger partial charge on any atom is -0.490 e. The number of carboxylic acid groups (broad SMARTS) is 1. The standard InChI is InChI=1S/C16H22O4/c1-10-6-12-7-11(4-5-14(12)20-10)13(17)8-16(2,3)9-15(18)19/h4-5,7,10,13,17H,6,8-9H2,1-3H3,(H,18,19). The number of hydrogen-bond acceptors (Lipinski definition) is 3. The average Bonchev–Trinajstić information content (AvgIpc) is 2.64. The highest BCUT2D eigenvalue weighted by Crippen LogP contribution is 2.36. The summed E-state index contributed by atoms with van der Waals surface area (Å²) in [6.45, 7) is 5.75. The van der Waals surface area contributed by atoms with E-state index in [4.69, 9.17) is 9.84 Å². The number of benzene rings is 1. The summed E-state index contributed by atoms with van der Waals surface area (Å²) >= 11 is 0. The number of aliphatic carboxylic acids is 1. The Morgan fingerprint density at radius 1 is 1.50 bits per heavy atom. The van der Waals surface area contributed by atoms with Gasteiger partial charge < -0.3 is 14.9 Å². The van der Waals surface area contributed by atoms with Crippen LogP contribution in [0.2, 0.25) is 0 Å². The lowest BCUT2D eigenvalue weighted by Crippen LogP contribution is -2.20. The van der Waals surface area contributed by atoms with Gasteiger partial charge in [-0.05, 0) is 42.0 Å². The van der Waals surface area contributed by atoms with Crippen molar-refractivity contribution in [3.63, 3.8) is 0 Å². The normalized spacial score (nSPS) is 19.3. The molecule has 20 heavy (non-hydrogen) atoms. The van der Waals surface area contributed by atoms with E-state index in [0.29, 0.717) is 6.42 Å². The van der Waals surface area contributed by atoms with Crippen LogP contribution in [0.3, 0.4) is 0 Å². The highest BCUT2D eigenvalue weighted by molar-refractivity contribution is 5.67. The highest BCUT2D eigenvalue weighted by atomic mass is 16.5. The molecule has 2 N–H and O–H groups in total. The van der Waals surface area contributed by atoms with Crippen molar-refractivity contribution in [1.29, 1.82) is 0 Å². The second-order valence-electron chi connectivity index (χ2n) is 6.45. The van der Waals surface area contributed by atoms with E-state index in [0.717, 1.165) is 23.3 Å². The van der Waals surface area contributed by atoms with Crippen LogP contribution in [-0.2, 0) is 11.2 Å². The van der Waals surface area contributed by atoms with Crippen LogP contribution in [-0.4, -0.2) is 22.3 Å². The van der Waals surface area contributed by atoms with Crippen molar-refractivity contribution in [2.75, 3.05) is 0 Å². The SMILES string of the molecule is CC1Cc2cc(C(O)CC(C)(C)CC(=O)O)ccc2O1. The van der Waals surface area contributed by atoms with Crippen molar-refractivity contribution >= 4 is 5.97 Å². The Morgan fingerprint density at radius 3 is 2.85 bits per heavy atom. The summed E-state index contributed by atoms with van der Waals surface area (Å²) in [5, 5.41) is 19.2. The summed E-state index contributed by atoms with van der Waals surface area (Å²) in [5.41, 5.74) is 1.51. The minimum atomic E-state index is -0.835. The van der Waals surface area contributed by atoms with Crippen LogP contribution in [0.1, 0.15) is 50.8 Å². The van der Waals surface area contributed by atoms with Crippen molar-refractivity contribution in [2.45, 2.75) is 52.2 Å². The Bertz CT molecular complexity index is 507. The molecule has 2 unspecified atom stereocenters. The predicted molar refractivity (Wildman–Crippen MR) is 75.8 cm³/mol. The Balaban J connectivity index is 2.08. The fraction of sp³-hybridized carbons (Fsp3) is 0.562. The number of hydrogen-bond donors (Lipinski definition) is 2. The summed E-state index contributed by atoms with van der Waals surface area (Å²) in [4.78, 5) is 10.8. The second kappa shape index (κ2) is 5.44. The first-order valence-electron chi connectivity index (χ1n) is 6.96. The van der Waals surface area contributed by atoms with Gasteiger partial charge in [-0.3, -0.25) is 4.79 Å². The van der Waals surface area contributed by atoms with Crippen molar-refractivity contribution in [3.05, 3.63) is 29.3 Å². The number of aliphatic hydroxyl groups is 1. The lowest BCUT2D eigenvalue weighted by molar-refractivity contribution is -0.139. The van der Waals surface area contributed by atoms with E-state index in [1.54, 1.807) is 0 Å². The summed E-state index contributed by atoms with van der Waals surface area (Å²) in [6, 6.07) is 5.72. The molecule has 0 spiro atoms. The maximum absolute atomic E-state index is 10.8. The van der Waals surface area contributed by atoms with E-state index in [1.165, 1.54) is 0 Å². The molecule has 0 aliphatic carbocycles. The monoisotopic (exact) mass is 278 g/mol. The Labute approximate surface area is 119 Å². The van der Waals surface area contributed by atoms with Gasteiger partial charge in [0.15, 0.2) is 0 Å². The summed E-state index contributed by atoms with van der Waals surface area (Å²) < 4.78 is 5.64. The van der Waals surface area contributed by atoms with E-state index in [2.05, 4.69) is 0 Å². The molecule has 0 aromatic heterocycles. The molecule has 2 rings (SSSR count). The average molecular weight is 278 g/mol. The van der Waals surface area contributed by atoms with Crippen LogP contribution in [0.25, 0.3) is 0 Å². The van der Waals surface area contributed by atoms with E-state index in [-0.39, 0.29) is 12.5 Å². The zero-order valence-corrected chi connectivity index (χ0v) is 12.2. The van der Waals surface area contributed by atoms with Gasteiger partial charge in [0.25, 0.3) is 0 Å². The Kier molecular flexibility index (Phi) is 4.04. The van der Waals surface area contributed by atoms with Crippen molar-refractivity contribution in [3.8, 4) is 5.75 Å². The van der Waals surface area contributed by atoms with Crippen LogP contribution in [0.15, 0.2) is 18.2 Å². The molecule has 0 radical (unpaired) electrons. The maximum atomic E-state index is 10.8. The van der Waals surface area contributed by atoms with E-state index < -0.39 is 17.5 Å². The van der Waals surface area contributed by atoms with Gasteiger partial charge in [0.1, 0.15) is 11.9 Å². The fourth-order valence-electron chi connectivity index (χ4n) is 2.77. The maximum Gasteiger partial charge on any atom is 0.303 e. The molecule has 1 aliphatic heterocycles. The van der Waals surface area contributed by atoms with Gasteiger partial charge in [-0.2, -0.15) is 0 Å². The second-order valence-corrected chi connectivity index (χ2v) is 6.45. The van der Waals surface area contributed by atoms with Crippen LogP contribution < -0.4 is 4.74 Å². The Hall–Kier alpha value is -1.55. The fourth-order valence-corrected chi connectivity index (χ4v) is 2.77. The van der Waals surface area contributed by atoms with Gasteiger partial charge in [0.2, 0.25) is 0 Å². The number of fused-ring (bicyclic) bond motifs is 1. The molecule has 1 aliphatic rings. The lowest BCUT2D eigenvalue weighted by Gasteiger charge is -2.26. The van der Waals surface area contributed by atoms with Crippen LogP contribution >= 0.6 is 0 Å². The van der Waals surface area contributed by atoms with Crippen molar-refractivity contribution in [1.82, 2.24) is 0 Å². The highest BCUT2D eigenvalue weighted by Gasteiger charge is 2.27. The summed E-state index contributed by atoms with van der Waals surface area (Å²) in [7, 11) is 0. The molecule has 1 heterocycles. The van der Waals surface area contributed by atoms with Crippen LogP contribution in [0.5, 0.6) is 5.75 Å². The summed E-state index contributed by atoms with van der Waals surface area (Å²) in [5.74, 6) is 0.0524. The molecule has 110 valence electrons. The third kappa shape index (κ3) is 3.51. The van der Waals surface area contributed by atoms with Gasteiger partial charge >= 0.3 is 5.97 Å². The first-order valence-corrected chi connectivity index (χ1v) is 6.96. The number of carboxylic acids is 1. The minimum absolute atomic E-state index is 0.0507. The van der Waals surface area contributed by atoms with Gasteiger partial charge in [-0.25, -0.2) is 0 Å². The number of aliphatic hydroxyl groups excluding tert-OH is 1. The zero-order chi connectivity index (χ0) is 14.9. The molecular weight excluding hydrogens is 256 g/mol. The van der Waals surface area contributed by atoms with Crippen LogP contribution in [0, 0.1) is 5.41 Å². The quantitative estimate of drug-likeness (QED) is 0.869. The third-order valence-electron chi connectivity index (χ3n) is 3.68. The molecule has 1 aromatic carbocycles. The van der Waals surface area contributed by atoms with Gasteiger partial charge in [-0.1, -0.05) is 19.9 Å². The molecule has 0 fully saturated rings. The summed E-state index contributed by atoms with van der Waals surface area (Å²) in [6.07, 6.45) is 0.865. The van der Waals surface area contributed by atoms with Gasteiger partial charge in [-0.15, -0.1) is 0 Å². The topological polar surface area (TPSA) is 66.8 Å². The first-order chi connectivity index (χ1) is 9.27. The number of ether oxygens (including phenoxy) is 1. The zero-order valence-electron chi connectivity index (χ0n) is 12.2. The molecule has 4 nitrogen and oxygen atoms in total. The van der Waals surface area contributed by atoms with E-state index in [9.17, 15) is 9.90 Å². The van der Waals surface area contributed by atoms with E-state index >= 15 is 0 Å². The molecule has 0 saturated carbocycles. The van der Waals surface area contributed by atoms with Crippen LogP contribution in [0.4, 0.5) is 0 Å². The molecule has 0 bridgehead atoms. The number of carbonyl (C=O) groups is 1. The van der Waals surface area contributed by atoms with E-state index in [1.807, 2.05) is 39.0 Å². The first kappa shape index (κ1) is 14.9. The van der Waals surface area contributed by atoms with Crippen molar-refractivity contribution in [2.24, 2.45) is 5.41 Å². The largest absolute Gasteiger partial charge is 0.490 e. The molecule has 0 saturated heterocycles. The smallest absolute Gasteiger partial charge is 0.303 e. The molecule has 4 heteroatoms.